The molecule has 0 aromatic heterocycles. The molecule has 1 aromatic rings. The van der Waals surface area contributed by atoms with E-state index in [1.807, 2.05) is 0 Å². The van der Waals surface area contributed by atoms with Crippen LogP contribution in [0.5, 0.6) is 0 Å². The fourth-order valence-corrected chi connectivity index (χ4v) is 3.38. The number of rotatable bonds is 3. The summed E-state index contributed by atoms with van der Waals surface area (Å²) in [5.41, 5.74) is 4.24. The minimum atomic E-state index is 0.921. The van der Waals surface area contributed by atoms with Gasteiger partial charge in [0.05, 0.1) is 0 Å². The highest BCUT2D eigenvalue weighted by Crippen LogP contribution is 2.29. The molecule has 98 valence electrons. The largest absolute Gasteiger partial charge is 0.385 e. The molecule has 0 unspecified atom stereocenters. The van der Waals surface area contributed by atoms with Crippen LogP contribution in [0.4, 0.5) is 11.4 Å². The Morgan fingerprint density at radius 3 is 2.89 bits per heavy atom. The molecule has 2 heteroatoms. The van der Waals surface area contributed by atoms with Crippen molar-refractivity contribution in [3.05, 3.63) is 23.8 Å². The molecule has 3 rings (SSSR count). The van der Waals surface area contributed by atoms with E-state index in [0.717, 1.165) is 12.5 Å². The SMILES string of the molecule is CN(CC1CCCC1)c1ccc2c(c1)CCCN2. The van der Waals surface area contributed by atoms with E-state index in [9.17, 15) is 0 Å². The molecule has 18 heavy (non-hydrogen) atoms. The normalized spacial score (nSPS) is 19.4. The Labute approximate surface area is 110 Å². The van der Waals surface area contributed by atoms with Crippen LogP contribution in [0.25, 0.3) is 0 Å². The molecule has 0 spiro atoms. The van der Waals surface area contributed by atoms with Crippen molar-refractivity contribution in [2.75, 3.05) is 30.4 Å². The van der Waals surface area contributed by atoms with Gasteiger partial charge >= 0.3 is 0 Å². The van der Waals surface area contributed by atoms with Crippen molar-refractivity contribution in [2.45, 2.75) is 38.5 Å². The fourth-order valence-electron chi connectivity index (χ4n) is 3.38. The Hall–Kier alpha value is -1.18. The number of nitrogens with one attached hydrogen (secondary N) is 1. The first kappa shape index (κ1) is 11.9. The van der Waals surface area contributed by atoms with Crippen LogP contribution in [0.15, 0.2) is 18.2 Å². The maximum Gasteiger partial charge on any atom is 0.0374 e. The van der Waals surface area contributed by atoms with Crippen LogP contribution in [0.2, 0.25) is 0 Å². The second-order valence-electron chi connectivity index (χ2n) is 5.90. The van der Waals surface area contributed by atoms with Crippen molar-refractivity contribution in [2.24, 2.45) is 5.92 Å². The second kappa shape index (κ2) is 5.21. The van der Waals surface area contributed by atoms with Gasteiger partial charge in [0.15, 0.2) is 0 Å². The molecule has 2 aliphatic rings. The number of nitrogens with zero attached hydrogens (tertiary/aromatic N) is 1. The van der Waals surface area contributed by atoms with Gasteiger partial charge in [-0.25, -0.2) is 0 Å². The third-order valence-electron chi connectivity index (χ3n) is 4.47. The van der Waals surface area contributed by atoms with Crippen molar-refractivity contribution in [3.63, 3.8) is 0 Å². The van der Waals surface area contributed by atoms with Gasteiger partial charge in [0, 0.05) is 31.5 Å². The van der Waals surface area contributed by atoms with Crippen LogP contribution in [0.3, 0.4) is 0 Å². The Balaban J connectivity index is 1.70. The number of hydrogen-bond acceptors (Lipinski definition) is 2. The van der Waals surface area contributed by atoms with E-state index in [4.69, 9.17) is 0 Å². The van der Waals surface area contributed by atoms with Crippen LogP contribution in [-0.4, -0.2) is 20.1 Å². The molecule has 1 aliphatic heterocycles. The summed E-state index contributed by atoms with van der Waals surface area (Å²) in [6.07, 6.45) is 8.23. The minimum absolute atomic E-state index is 0.921. The first-order valence-corrected chi connectivity index (χ1v) is 7.41. The van der Waals surface area contributed by atoms with Crippen molar-refractivity contribution in [1.29, 1.82) is 0 Å². The Bertz CT molecular complexity index is 408. The minimum Gasteiger partial charge on any atom is -0.385 e. The average molecular weight is 244 g/mol. The molecule has 2 nitrogen and oxygen atoms in total. The van der Waals surface area contributed by atoms with E-state index in [1.54, 1.807) is 0 Å². The van der Waals surface area contributed by atoms with Crippen LogP contribution in [0, 0.1) is 5.92 Å². The maximum atomic E-state index is 3.48. The summed E-state index contributed by atoms with van der Waals surface area (Å²) in [6, 6.07) is 6.91. The number of aryl methyl sites for hydroxylation is 1. The number of fused-ring (bicyclic) bond motifs is 1. The second-order valence-corrected chi connectivity index (χ2v) is 5.90. The van der Waals surface area contributed by atoms with E-state index in [-0.39, 0.29) is 0 Å². The molecule has 0 saturated heterocycles. The molecule has 1 aliphatic carbocycles. The van der Waals surface area contributed by atoms with Crippen molar-refractivity contribution >= 4 is 11.4 Å². The first-order chi connectivity index (χ1) is 8.83. The van der Waals surface area contributed by atoms with Gasteiger partial charge in [-0.2, -0.15) is 0 Å². The van der Waals surface area contributed by atoms with E-state index in [2.05, 4.69) is 35.5 Å². The summed E-state index contributed by atoms with van der Waals surface area (Å²) >= 11 is 0. The lowest BCUT2D eigenvalue weighted by molar-refractivity contribution is 0.547. The van der Waals surface area contributed by atoms with Gasteiger partial charge in [-0.05, 0) is 55.4 Å². The molecule has 0 amide bonds. The molecule has 1 fully saturated rings. The highest BCUT2D eigenvalue weighted by molar-refractivity contribution is 5.61. The lowest BCUT2D eigenvalue weighted by Gasteiger charge is -2.26. The van der Waals surface area contributed by atoms with Gasteiger partial charge in [-0.1, -0.05) is 12.8 Å². The van der Waals surface area contributed by atoms with E-state index in [0.29, 0.717) is 0 Å². The Morgan fingerprint density at radius 1 is 1.22 bits per heavy atom. The van der Waals surface area contributed by atoms with Crippen molar-refractivity contribution in [3.8, 4) is 0 Å². The van der Waals surface area contributed by atoms with Crippen LogP contribution >= 0.6 is 0 Å². The standard InChI is InChI=1S/C16H24N2/c1-18(12-13-5-2-3-6-13)15-8-9-16-14(11-15)7-4-10-17-16/h8-9,11,13,17H,2-7,10,12H2,1H3. The first-order valence-electron chi connectivity index (χ1n) is 7.41. The summed E-state index contributed by atoms with van der Waals surface area (Å²) < 4.78 is 0. The van der Waals surface area contributed by atoms with E-state index in [1.165, 1.54) is 62.0 Å². The zero-order chi connectivity index (χ0) is 12.4. The van der Waals surface area contributed by atoms with Crippen LogP contribution in [-0.2, 0) is 6.42 Å². The van der Waals surface area contributed by atoms with Crippen molar-refractivity contribution in [1.82, 2.24) is 0 Å². The number of benzene rings is 1. The third-order valence-corrected chi connectivity index (χ3v) is 4.47. The Kier molecular flexibility index (Phi) is 3.44. The summed E-state index contributed by atoms with van der Waals surface area (Å²) in [5, 5.41) is 3.48. The lowest BCUT2D eigenvalue weighted by atomic mass is 10.0. The van der Waals surface area contributed by atoms with Gasteiger partial charge in [-0.3, -0.25) is 0 Å². The maximum absolute atomic E-state index is 3.48. The predicted octanol–water partition coefficient (Wildman–Crippen LogP) is 3.67. The topological polar surface area (TPSA) is 15.3 Å². The zero-order valence-electron chi connectivity index (χ0n) is 11.4. The molecular weight excluding hydrogens is 220 g/mol. The average Bonchev–Trinajstić information content (AvgIpc) is 2.91. The molecule has 0 radical (unpaired) electrons. The molecule has 1 saturated carbocycles. The van der Waals surface area contributed by atoms with Crippen molar-refractivity contribution < 1.29 is 0 Å². The Morgan fingerprint density at radius 2 is 2.06 bits per heavy atom. The molecule has 0 bridgehead atoms. The fraction of sp³-hybridized carbons (Fsp3) is 0.625. The summed E-state index contributed by atoms with van der Waals surface area (Å²) in [6.45, 7) is 2.36. The lowest BCUT2D eigenvalue weighted by Crippen LogP contribution is -2.24. The highest BCUT2D eigenvalue weighted by atomic mass is 15.1. The molecule has 0 atom stereocenters. The quantitative estimate of drug-likeness (QED) is 0.872. The highest BCUT2D eigenvalue weighted by Gasteiger charge is 2.17. The van der Waals surface area contributed by atoms with E-state index >= 15 is 0 Å². The summed E-state index contributed by atoms with van der Waals surface area (Å²) in [5.74, 6) is 0.921. The summed E-state index contributed by atoms with van der Waals surface area (Å²) in [7, 11) is 2.25. The summed E-state index contributed by atoms with van der Waals surface area (Å²) in [4.78, 5) is 2.45. The van der Waals surface area contributed by atoms with E-state index < -0.39 is 0 Å². The van der Waals surface area contributed by atoms with Gasteiger partial charge < -0.3 is 10.2 Å². The van der Waals surface area contributed by atoms with Gasteiger partial charge in [0.25, 0.3) is 0 Å². The molecular formula is C16H24N2. The molecule has 1 heterocycles. The number of hydrogen-bond donors (Lipinski definition) is 1. The monoisotopic (exact) mass is 244 g/mol. The number of anilines is 2. The van der Waals surface area contributed by atoms with Gasteiger partial charge in [0.1, 0.15) is 0 Å². The molecule has 1 N–H and O–H groups in total. The van der Waals surface area contributed by atoms with Crippen LogP contribution in [0.1, 0.15) is 37.7 Å². The predicted molar refractivity (Wildman–Crippen MR) is 78.5 cm³/mol. The smallest absolute Gasteiger partial charge is 0.0374 e. The van der Waals surface area contributed by atoms with Gasteiger partial charge in [-0.15, -0.1) is 0 Å². The van der Waals surface area contributed by atoms with Crippen LogP contribution < -0.4 is 10.2 Å². The van der Waals surface area contributed by atoms with Gasteiger partial charge in [0.2, 0.25) is 0 Å². The third kappa shape index (κ3) is 2.47. The zero-order valence-corrected chi connectivity index (χ0v) is 11.4. The molecule has 1 aromatic carbocycles.